The van der Waals surface area contributed by atoms with Crippen LogP contribution < -0.4 is 5.32 Å². The third-order valence-electron chi connectivity index (χ3n) is 5.10. The van der Waals surface area contributed by atoms with E-state index >= 15 is 0 Å². The molecule has 120 valence electrons. The van der Waals surface area contributed by atoms with E-state index in [9.17, 15) is 0 Å². The lowest BCUT2D eigenvalue weighted by Gasteiger charge is -2.23. The summed E-state index contributed by atoms with van der Waals surface area (Å²) in [6.07, 6.45) is 20.2. The summed E-state index contributed by atoms with van der Waals surface area (Å²) in [6.45, 7) is 5.95. The Balaban J connectivity index is 1.89. The minimum absolute atomic E-state index is 0.748. The van der Waals surface area contributed by atoms with Crippen molar-refractivity contribution in [2.75, 3.05) is 6.54 Å². The first kappa shape index (κ1) is 18.0. The fraction of sp³-hybridized carbons (Fsp3) is 1.00. The Bertz CT molecular complexity index is 194. The van der Waals surface area contributed by atoms with Crippen LogP contribution >= 0.6 is 0 Å². The van der Waals surface area contributed by atoms with Gasteiger partial charge in [-0.15, -0.1) is 0 Å². The van der Waals surface area contributed by atoms with Crippen molar-refractivity contribution in [2.24, 2.45) is 5.92 Å². The van der Waals surface area contributed by atoms with Crippen LogP contribution in [0.15, 0.2) is 0 Å². The summed E-state index contributed by atoms with van der Waals surface area (Å²) in [5.74, 6) is 0.951. The molecule has 0 aliphatic heterocycles. The van der Waals surface area contributed by atoms with Gasteiger partial charge in [0, 0.05) is 6.04 Å². The zero-order valence-electron chi connectivity index (χ0n) is 14.3. The van der Waals surface area contributed by atoms with E-state index in [1.807, 2.05) is 0 Å². The number of nitrogens with one attached hydrogen (secondary N) is 1. The lowest BCUT2D eigenvalue weighted by Crippen LogP contribution is -2.34. The Morgan fingerprint density at radius 2 is 1.35 bits per heavy atom. The summed E-state index contributed by atoms with van der Waals surface area (Å²) in [4.78, 5) is 0. The van der Waals surface area contributed by atoms with Crippen LogP contribution in [-0.4, -0.2) is 12.6 Å². The summed E-state index contributed by atoms with van der Waals surface area (Å²) in [5.41, 5.74) is 0. The first-order chi connectivity index (χ1) is 9.84. The lowest BCUT2D eigenvalue weighted by molar-refractivity contribution is 0.335. The fourth-order valence-electron chi connectivity index (χ4n) is 3.57. The predicted molar refractivity (Wildman–Crippen MR) is 91.3 cm³/mol. The zero-order chi connectivity index (χ0) is 14.5. The molecule has 0 aromatic heterocycles. The van der Waals surface area contributed by atoms with E-state index in [-0.39, 0.29) is 0 Å². The summed E-state index contributed by atoms with van der Waals surface area (Å²) < 4.78 is 0. The highest BCUT2D eigenvalue weighted by Crippen LogP contribution is 2.25. The molecule has 1 aliphatic rings. The molecule has 1 heteroatoms. The van der Waals surface area contributed by atoms with Crippen molar-refractivity contribution in [1.82, 2.24) is 5.32 Å². The van der Waals surface area contributed by atoms with Crippen molar-refractivity contribution in [1.29, 1.82) is 0 Å². The maximum atomic E-state index is 3.79. The van der Waals surface area contributed by atoms with Crippen molar-refractivity contribution in [3.63, 3.8) is 0 Å². The van der Waals surface area contributed by atoms with E-state index in [4.69, 9.17) is 0 Å². The molecule has 1 aliphatic carbocycles. The van der Waals surface area contributed by atoms with Gasteiger partial charge in [0.25, 0.3) is 0 Å². The molecule has 0 unspecified atom stereocenters. The lowest BCUT2D eigenvalue weighted by atomic mass is 9.93. The van der Waals surface area contributed by atoms with Crippen LogP contribution in [0.25, 0.3) is 0 Å². The number of hydrogen-bond donors (Lipinski definition) is 1. The molecule has 0 aromatic rings. The number of hydrogen-bond acceptors (Lipinski definition) is 1. The Kier molecular flexibility index (Phi) is 11.4. The molecular weight excluding hydrogens is 242 g/mol. The second-order valence-corrected chi connectivity index (χ2v) is 6.97. The Hall–Kier alpha value is -0.0400. The first-order valence-electron chi connectivity index (χ1n) is 9.58. The maximum Gasteiger partial charge on any atom is 0.00669 e. The molecule has 0 aromatic carbocycles. The minimum Gasteiger partial charge on any atom is -0.314 e. The highest BCUT2D eigenvalue weighted by Gasteiger charge is 2.17. The topological polar surface area (TPSA) is 12.0 Å². The van der Waals surface area contributed by atoms with Crippen LogP contribution in [0.5, 0.6) is 0 Å². The van der Waals surface area contributed by atoms with Gasteiger partial charge in [-0.1, -0.05) is 77.6 Å². The summed E-state index contributed by atoms with van der Waals surface area (Å²) in [7, 11) is 0. The van der Waals surface area contributed by atoms with Gasteiger partial charge >= 0.3 is 0 Å². The molecule has 0 amide bonds. The highest BCUT2D eigenvalue weighted by atomic mass is 14.9. The molecular formula is C19H39N. The average Bonchev–Trinajstić information content (AvgIpc) is 2.74. The molecule has 1 saturated carbocycles. The maximum absolute atomic E-state index is 3.79. The largest absolute Gasteiger partial charge is 0.314 e. The predicted octanol–water partition coefficient (Wildman–Crippen LogP) is 6.08. The molecule has 0 spiro atoms. The molecule has 0 saturated heterocycles. The van der Waals surface area contributed by atoms with Crippen LogP contribution in [-0.2, 0) is 0 Å². The van der Waals surface area contributed by atoms with Crippen molar-refractivity contribution in [3.8, 4) is 0 Å². The number of rotatable bonds is 11. The standard InChI is InChI=1S/C19H39N/c1-3-4-5-6-7-8-11-14-17-20-18(2)19-15-12-9-10-13-16-19/h18-20H,3-17H2,1-2H3/t18-/m1/s1. The molecule has 1 nitrogen and oxygen atoms in total. The molecule has 1 N–H and O–H groups in total. The SMILES string of the molecule is CCCCCCCCCCN[C@H](C)C1CCCCCC1. The van der Waals surface area contributed by atoms with Gasteiger partial charge in [-0.2, -0.15) is 0 Å². The Morgan fingerprint density at radius 1 is 0.800 bits per heavy atom. The monoisotopic (exact) mass is 281 g/mol. The van der Waals surface area contributed by atoms with E-state index in [1.165, 1.54) is 96.4 Å². The van der Waals surface area contributed by atoms with Crippen molar-refractivity contribution in [3.05, 3.63) is 0 Å². The van der Waals surface area contributed by atoms with Crippen LogP contribution in [0.2, 0.25) is 0 Å². The number of unbranched alkanes of at least 4 members (excludes halogenated alkanes) is 7. The molecule has 1 fully saturated rings. The second kappa shape index (κ2) is 12.7. The average molecular weight is 282 g/mol. The van der Waals surface area contributed by atoms with Gasteiger partial charge in [0.05, 0.1) is 0 Å². The van der Waals surface area contributed by atoms with E-state index < -0.39 is 0 Å². The van der Waals surface area contributed by atoms with Crippen molar-refractivity contribution in [2.45, 2.75) is 110 Å². The van der Waals surface area contributed by atoms with Crippen molar-refractivity contribution < 1.29 is 0 Å². The van der Waals surface area contributed by atoms with E-state index in [1.54, 1.807) is 0 Å². The van der Waals surface area contributed by atoms with E-state index in [0.717, 1.165) is 12.0 Å². The normalized spacial score (nSPS) is 18.9. The molecule has 20 heavy (non-hydrogen) atoms. The van der Waals surface area contributed by atoms with Gasteiger partial charge in [-0.3, -0.25) is 0 Å². The van der Waals surface area contributed by atoms with Crippen LogP contribution in [0.4, 0.5) is 0 Å². The molecule has 0 heterocycles. The van der Waals surface area contributed by atoms with Crippen LogP contribution in [0, 0.1) is 5.92 Å². The van der Waals surface area contributed by atoms with Gasteiger partial charge in [0.15, 0.2) is 0 Å². The smallest absolute Gasteiger partial charge is 0.00669 e. The van der Waals surface area contributed by atoms with Gasteiger partial charge in [0.1, 0.15) is 0 Å². The van der Waals surface area contributed by atoms with Crippen LogP contribution in [0.3, 0.4) is 0 Å². The Labute approximate surface area is 128 Å². The van der Waals surface area contributed by atoms with Crippen LogP contribution in [0.1, 0.15) is 104 Å². The summed E-state index contributed by atoms with van der Waals surface area (Å²) in [6, 6.07) is 0.748. The van der Waals surface area contributed by atoms with Gasteiger partial charge in [-0.05, 0) is 38.6 Å². The summed E-state index contributed by atoms with van der Waals surface area (Å²) >= 11 is 0. The quantitative estimate of drug-likeness (QED) is 0.358. The summed E-state index contributed by atoms with van der Waals surface area (Å²) in [5, 5.41) is 3.79. The molecule has 1 atom stereocenters. The second-order valence-electron chi connectivity index (χ2n) is 6.97. The zero-order valence-corrected chi connectivity index (χ0v) is 14.3. The molecule has 0 bridgehead atoms. The fourth-order valence-corrected chi connectivity index (χ4v) is 3.57. The van der Waals surface area contributed by atoms with Crippen molar-refractivity contribution >= 4 is 0 Å². The van der Waals surface area contributed by atoms with E-state index in [0.29, 0.717) is 0 Å². The molecule has 0 radical (unpaired) electrons. The van der Waals surface area contributed by atoms with E-state index in [2.05, 4.69) is 19.2 Å². The third kappa shape index (κ3) is 9.00. The van der Waals surface area contributed by atoms with Gasteiger partial charge < -0.3 is 5.32 Å². The molecule has 1 rings (SSSR count). The minimum atomic E-state index is 0.748. The van der Waals surface area contributed by atoms with Gasteiger partial charge in [0.2, 0.25) is 0 Å². The first-order valence-corrected chi connectivity index (χ1v) is 9.58. The Morgan fingerprint density at radius 3 is 1.95 bits per heavy atom. The van der Waals surface area contributed by atoms with Gasteiger partial charge in [-0.25, -0.2) is 0 Å². The highest BCUT2D eigenvalue weighted by molar-refractivity contribution is 4.74. The third-order valence-corrected chi connectivity index (χ3v) is 5.10.